The average molecular weight is 524 g/mol. The lowest BCUT2D eigenvalue weighted by Gasteiger charge is -2.32. The van der Waals surface area contributed by atoms with Crippen molar-refractivity contribution >= 4 is 28.5 Å². The van der Waals surface area contributed by atoms with E-state index < -0.39 is 23.7 Å². The second-order valence-corrected chi connectivity index (χ2v) is 8.80. The second-order valence-electron chi connectivity index (χ2n) is 8.80. The van der Waals surface area contributed by atoms with Gasteiger partial charge < -0.3 is 10.1 Å². The number of benzene rings is 4. The minimum atomic E-state index is -1.34. The van der Waals surface area contributed by atoms with Crippen LogP contribution in [0.25, 0.3) is 11.0 Å². The predicted octanol–water partition coefficient (Wildman–Crippen LogP) is 4.67. The van der Waals surface area contributed by atoms with Crippen molar-refractivity contribution in [3.8, 4) is 5.75 Å². The molecular formula is C30H26FN5O3. The molecule has 4 aromatic carbocycles. The van der Waals surface area contributed by atoms with Crippen molar-refractivity contribution in [1.82, 2.24) is 20.3 Å². The van der Waals surface area contributed by atoms with E-state index in [2.05, 4.69) is 15.6 Å². The normalized spacial score (nSPS) is 11.6. The lowest BCUT2D eigenvalue weighted by atomic mass is 10.0. The van der Waals surface area contributed by atoms with Gasteiger partial charge in [0.1, 0.15) is 29.7 Å². The summed E-state index contributed by atoms with van der Waals surface area (Å²) >= 11 is 0. The summed E-state index contributed by atoms with van der Waals surface area (Å²) in [4.78, 5) is 29.2. The van der Waals surface area contributed by atoms with E-state index in [-0.39, 0.29) is 18.7 Å². The first-order chi connectivity index (χ1) is 19.1. The number of fused-ring (bicyclic) bond motifs is 1. The van der Waals surface area contributed by atoms with Crippen LogP contribution in [0.5, 0.6) is 5.75 Å². The lowest BCUT2D eigenvalue weighted by Crippen LogP contribution is -2.45. The van der Waals surface area contributed by atoms with Gasteiger partial charge in [-0.1, -0.05) is 78.0 Å². The molecule has 2 amide bonds. The SMILES string of the molecule is COc1ccccc1N(C(=O)Cn1nnc2ccccc21)C(C(=O)NCc1ccccc1)c1ccccc1F. The van der Waals surface area contributed by atoms with Gasteiger partial charge in [0, 0.05) is 12.1 Å². The minimum Gasteiger partial charge on any atom is -0.495 e. The summed E-state index contributed by atoms with van der Waals surface area (Å²) in [5, 5.41) is 11.1. The van der Waals surface area contributed by atoms with Crippen molar-refractivity contribution in [2.24, 2.45) is 0 Å². The van der Waals surface area contributed by atoms with E-state index in [0.29, 0.717) is 22.5 Å². The first kappa shape index (κ1) is 25.6. The van der Waals surface area contributed by atoms with Crippen LogP contribution in [-0.2, 0) is 22.7 Å². The number of aromatic nitrogens is 3. The summed E-state index contributed by atoms with van der Waals surface area (Å²) in [6.07, 6.45) is 0. The van der Waals surface area contributed by atoms with Gasteiger partial charge in [-0.15, -0.1) is 5.10 Å². The van der Waals surface area contributed by atoms with Crippen molar-refractivity contribution in [2.45, 2.75) is 19.1 Å². The first-order valence-electron chi connectivity index (χ1n) is 12.4. The van der Waals surface area contributed by atoms with Crippen molar-refractivity contribution < 1.29 is 18.7 Å². The number of carbonyl (C=O) groups excluding carboxylic acids is 2. The maximum Gasteiger partial charge on any atom is 0.249 e. The highest BCUT2D eigenvalue weighted by Gasteiger charge is 2.36. The molecule has 0 bridgehead atoms. The summed E-state index contributed by atoms with van der Waals surface area (Å²) < 4.78 is 22.3. The first-order valence-corrected chi connectivity index (χ1v) is 12.4. The summed E-state index contributed by atoms with van der Waals surface area (Å²) in [6.45, 7) is -0.0399. The zero-order valence-electron chi connectivity index (χ0n) is 21.2. The highest BCUT2D eigenvalue weighted by molar-refractivity contribution is 6.02. The van der Waals surface area contributed by atoms with Crippen molar-refractivity contribution in [3.05, 3.63) is 120 Å². The maximum atomic E-state index is 15.3. The van der Waals surface area contributed by atoms with Gasteiger partial charge in [-0.3, -0.25) is 14.5 Å². The van der Waals surface area contributed by atoms with E-state index in [1.807, 2.05) is 42.5 Å². The van der Waals surface area contributed by atoms with Crippen molar-refractivity contribution in [2.75, 3.05) is 12.0 Å². The number of carbonyl (C=O) groups is 2. The fourth-order valence-corrected chi connectivity index (χ4v) is 4.46. The number of ether oxygens (including phenoxy) is 1. The maximum absolute atomic E-state index is 15.3. The molecule has 1 atom stereocenters. The molecule has 8 nitrogen and oxygen atoms in total. The Kier molecular flexibility index (Phi) is 7.58. The molecule has 0 fully saturated rings. The Hall–Kier alpha value is -5.05. The summed E-state index contributed by atoms with van der Waals surface area (Å²) in [5.41, 5.74) is 2.51. The van der Waals surface area contributed by atoms with Gasteiger partial charge in [0.25, 0.3) is 0 Å². The zero-order chi connectivity index (χ0) is 27.2. The number of hydrogen-bond acceptors (Lipinski definition) is 5. The topological polar surface area (TPSA) is 89.3 Å². The van der Waals surface area contributed by atoms with E-state index in [4.69, 9.17) is 4.74 Å². The third-order valence-corrected chi connectivity index (χ3v) is 6.33. The molecule has 0 aliphatic carbocycles. The number of anilines is 1. The van der Waals surface area contributed by atoms with Crippen LogP contribution in [0.1, 0.15) is 17.2 Å². The molecule has 0 radical (unpaired) electrons. The number of halogens is 1. The molecule has 0 aliphatic rings. The Morgan fingerprint density at radius 2 is 1.62 bits per heavy atom. The Labute approximate surface area is 224 Å². The van der Waals surface area contributed by atoms with Crippen LogP contribution < -0.4 is 15.0 Å². The number of methoxy groups -OCH3 is 1. The van der Waals surface area contributed by atoms with Gasteiger partial charge >= 0.3 is 0 Å². The number of nitrogens with one attached hydrogen (secondary N) is 1. The van der Waals surface area contributed by atoms with Gasteiger partial charge in [-0.05, 0) is 35.9 Å². The fraction of sp³-hybridized carbons (Fsp3) is 0.133. The minimum absolute atomic E-state index is 0.0470. The Morgan fingerprint density at radius 1 is 0.923 bits per heavy atom. The zero-order valence-corrected chi connectivity index (χ0v) is 21.2. The molecule has 0 spiro atoms. The Balaban J connectivity index is 1.59. The number of nitrogens with zero attached hydrogens (tertiary/aromatic N) is 4. The number of rotatable bonds is 9. The quantitative estimate of drug-likeness (QED) is 0.303. The largest absolute Gasteiger partial charge is 0.495 e. The van der Waals surface area contributed by atoms with E-state index in [9.17, 15) is 9.59 Å². The van der Waals surface area contributed by atoms with E-state index in [1.165, 1.54) is 34.9 Å². The standard InChI is InChI=1S/C30H26FN5O3/c1-39-27-18-10-9-17-26(27)36(28(37)20-35-25-16-8-7-15-24(25)33-34-35)29(22-13-5-6-14-23(22)31)30(38)32-19-21-11-3-2-4-12-21/h2-18,29H,19-20H2,1H3,(H,32,38). The van der Waals surface area contributed by atoms with Gasteiger partial charge in [0.05, 0.1) is 18.3 Å². The summed E-state index contributed by atoms with van der Waals surface area (Å²) in [7, 11) is 1.47. The molecule has 1 heterocycles. The summed E-state index contributed by atoms with van der Waals surface area (Å²) in [5.74, 6) is -1.31. The Morgan fingerprint density at radius 3 is 2.41 bits per heavy atom. The van der Waals surface area contributed by atoms with Crippen molar-refractivity contribution in [3.63, 3.8) is 0 Å². The van der Waals surface area contributed by atoms with Crippen LogP contribution in [0.4, 0.5) is 10.1 Å². The number of para-hydroxylation sites is 3. The van der Waals surface area contributed by atoms with Gasteiger partial charge in [0.15, 0.2) is 0 Å². The molecule has 5 rings (SSSR count). The van der Waals surface area contributed by atoms with Crippen molar-refractivity contribution in [1.29, 1.82) is 0 Å². The van der Waals surface area contributed by atoms with Gasteiger partial charge in [0.2, 0.25) is 11.8 Å². The van der Waals surface area contributed by atoms with E-state index >= 15 is 4.39 Å². The molecule has 5 aromatic rings. The van der Waals surface area contributed by atoms with Crippen LogP contribution in [0.15, 0.2) is 103 Å². The molecule has 0 aliphatic heterocycles. The van der Waals surface area contributed by atoms with Gasteiger partial charge in [-0.25, -0.2) is 9.07 Å². The highest BCUT2D eigenvalue weighted by Crippen LogP contribution is 2.36. The molecule has 9 heteroatoms. The van der Waals surface area contributed by atoms with Crippen LogP contribution in [0, 0.1) is 5.82 Å². The second kappa shape index (κ2) is 11.6. The molecule has 0 saturated carbocycles. The molecule has 0 saturated heterocycles. The van der Waals surface area contributed by atoms with E-state index in [0.717, 1.165) is 5.56 Å². The number of amides is 2. The molecule has 39 heavy (non-hydrogen) atoms. The smallest absolute Gasteiger partial charge is 0.249 e. The fourth-order valence-electron chi connectivity index (χ4n) is 4.46. The lowest BCUT2D eigenvalue weighted by molar-refractivity contribution is -0.127. The van der Waals surface area contributed by atoms with E-state index in [1.54, 1.807) is 42.5 Å². The monoisotopic (exact) mass is 523 g/mol. The predicted molar refractivity (Wildman–Crippen MR) is 145 cm³/mol. The summed E-state index contributed by atoms with van der Waals surface area (Å²) in [6, 6.07) is 28.0. The Bertz CT molecular complexity index is 1600. The molecule has 1 N–H and O–H groups in total. The molecule has 1 unspecified atom stereocenters. The van der Waals surface area contributed by atoms with Crippen LogP contribution >= 0.6 is 0 Å². The van der Waals surface area contributed by atoms with Crippen LogP contribution in [-0.4, -0.2) is 33.9 Å². The van der Waals surface area contributed by atoms with Crippen LogP contribution in [0.3, 0.4) is 0 Å². The third-order valence-electron chi connectivity index (χ3n) is 6.33. The third kappa shape index (κ3) is 5.47. The average Bonchev–Trinajstić information content (AvgIpc) is 3.38. The number of hydrogen-bond donors (Lipinski definition) is 1. The molecule has 1 aromatic heterocycles. The van der Waals surface area contributed by atoms with Gasteiger partial charge in [-0.2, -0.15) is 0 Å². The highest BCUT2D eigenvalue weighted by atomic mass is 19.1. The van der Waals surface area contributed by atoms with Crippen LogP contribution in [0.2, 0.25) is 0 Å². The molecular weight excluding hydrogens is 497 g/mol. The molecule has 196 valence electrons.